The van der Waals surface area contributed by atoms with Crippen molar-refractivity contribution in [1.82, 2.24) is 29.5 Å². The van der Waals surface area contributed by atoms with E-state index in [1.807, 2.05) is 33.0 Å². The van der Waals surface area contributed by atoms with Gasteiger partial charge in [0.2, 0.25) is 0 Å². The zero-order valence-corrected chi connectivity index (χ0v) is 13.0. The van der Waals surface area contributed by atoms with Crippen molar-refractivity contribution in [1.29, 1.82) is 0 Å². The molecule has 1 unspecified atom stereocenters. The Morgan fingerprint density at radius 2 is 2.05 bits per heavy atom. The summed E-state index contributed by atoms with van der Waals surface area (Å²) in [6, 6.07) is 3.85. The van der Waals surface area contributed by atoms with Crippen molar-refractivity contribution in [3.63, 3.8) is 0 Å². The van der Waals surface area contributed by atoms with Crippen LogP contribution < -0.4 is 0 Å². The van der Waals surface area contributed by atoms with Crippen molar-refractivity contribution in [2.75, 3.05) is 0 Å². The van der Waals surface area contributed by atoms with E-state index in [9.17, 15) is 5.11 Å². The number of hydrogen-bond acceptors (Lipinski definition) is 5. The van der Waals surface area contributed by atoms with Crippen LogP contribution in [0.4, 0.5) is 0 Å². The zero-order chi connectivity index (χ0) is 15.9. The molecule has 3 heterocycles. The Morgan fingerprint density at radius 3 is 2.64 bits per heavy atom. The minimum atomic E-state index is -0.744. The molecule has 1 N–H and O–H groups in total. The van der Waals surface area contributed by atoms with Gasteiger partial charge in [-0.15, -0.1) is 5.10 Å². The van der Waals surface area contributed by atoms with Gasteiger partial charge in [0.05, 0.1) is 6.20 Å². The zero-order valence-electron chi connectivity index (χ0n) is 13.0. The van der Waals surface area contributed by atoms with Crippen molar-refractivity contribution in [3.05, 3.63) is 41.6 Å². The van der Waals surface area contributed by atoms with E-state index in [1.165, 1.54) is 0 Å². The molecule has 7 heteroatoms. The maximum absolute atomic E-state index is 9.81. The van der Waals surface area contributed by atoms with Gasteiger partial charge in [-0.25, -0.2) is 4.98 Å². The Balaban J connectivity index is 2.24. The predicted molar refractivity (Wildman–Crippen MR) is 81.5 cm³/mol. The molecule has 0 bridgehead atoms. The summed E-state index contributed by atoms with van der Waals surface area (Å²) in [6.45, 7) is 5.60. The minimum absolute atomic E-state index is 0.371. The first-order valence-corrected chi connectivity index (χ1v) is 7.04. The molecule has 0 spiro atoms. The van der Waals surface area contributed by atoms with Crippen molar-refractivity contribution in [2.24, 2.45) is 7.05 Å². The third-order valence-corrected chi connectivity index (χ3v) is 3.50. The molecular formula is C15H18N6O. The average molecular weight is 298 g/mol. The van der Waals surface area contributed by atoms with Gasteiger partial charge in [-0.05, 0) is 32.4 Å². The SMILES string of the molecule is Cc1cc(C)c(-c2nc(C(C)O)nn2-c2ccnn2C)cn1. The van der Waals surface area contributed by atoms with E-state index in [4.69, 9.17) is 0 Å². The van der Waals surface area contributed by atoms with Crippen LogP contribution >= 0.6 is 0 Å². The van der Waals surface area contributed by atoms with Crippen LogP contribution in [0.1, 0.15) is 30.1 Å². The van der Waals surface area contributed by atoms with Crippen LogP contribution in [-0.2, 0) is 7.05 Å². The molecule has 3 aromatic rings. The van der Waals surface area contributed by atoms with Crippen LogP contribution in [0, 0.1) is 13.8 Å². The largest absolute Gasteiger partial charge is 0.385 e. The first kappa shape index (κ1) is 14.4. The van der Waals surface area contributed by atoms with Gasteiger partial charge in [-0.1, -0.05) is 0 Å². The van der Waals surface area contributed by atoms with E-state index >= 15 is 0 Å². The predicted octanol–water partition coefficient (Wildman–Crippen LogP) is 1.73. The highest BCUT2D eigenvalue weighted by molar-refractivity contribution is 5.61. The second-order valence-corrected chi connectivity index (χ2v) is 5.34. The van der Waals surface area contributed by atoms with Gasteiger partial charge < -0.3 is 5.11 Å². The third kappa shape index (κ3) is 2.39. The maximum Gasteiger partial charge on any atom is 0.179 e. The standard InChI is InChI=1S/C15H18N6O/c1-9-7-10(2)16-8-12(9)15-18-14(11(3)22)19-21(15)13-5-6-17-20(13)4/h5-8,11,22H,1-4H3. The summed E-state index contributed by atoms with van der Waals surface area (Å²) in [7, 11) is 1.84. The van der Waals surface area contributed by atoms with Gasteiger partial charge in [-0.3, -0.25) is 9.67 Å². The number of hydrogen-bond donors (Lipinski definition) is 1. The molecule has 0 aromatic carbocycles. The first-order chi connectivity index (χ1) is 10.5. The molecule has 0 aliphatic heterocycles. The average Bonchev–Trinajstić information content (AvgIpc) is 3.04. The third-order valence-electron chi connectivity index (χ3n) is 3.50. The van der Waals surface area contributed by atoms with E-state index in [0.29, 0.717) is 11.6 Å². The van der Waals surface area contributed by atoms with E-state index in [-0.39, 0.29) is 0 Å². The quantitative estimate of drug-likeness (QED) is 0.796. The Kier molecular flexibility index (Phi) is 3.50. The summed E-state index contributed by atoms with van der Waals surface area (Å²) < 4.78 is 3.40. The smallest absolute Gasteiger partial charge is 0.179 e. The van der Waals surface area contributed by atoms with Crippen molar-refractivity contribution in [3.8, 4) is 17.2 Å². The van der Waals surface area contributed by atoms with Crippen LogP contribution in [0.5, 0.6) is 0 Å². The summed E-state index contributed by atoms with van der Waals surface area (Å²) in [5.41, 5.74) is 2.88. The normalized spacial score (nSPS) is 12.6. The second-order valence-electron chi connectivity index (χ2n) is 5.34. The molecule has 0 aliphatic carbocycles. The number of rotatable bonds is 3. The summed E-state index contributed by atoms with van der Waals surface area (Å²) in [4.78, 5) is 8.84. The molecule has 0 amide bonds. The number of aliphatic hydroxyl groups excluding tert-OH is 1. The van der Waals surface area contributed by atoms with Crippen molar-refractivity contribution in [2.45, 2.75) is 26.9 Å². The Bertz CT molecular complexity index is 817. The summed E-state index contributed by atoms with van der Waals surface area (Å²) >= 11 is 0. The lowest BCUT2D eigenvalue weighted by Gasteiger charge is -2.08. The summed E-state index contributed by atoms with van der Waals surface area (Å²) in [5.74, 6) is 1.79. The Hall–Kier alpha value is -2.54. The van der Waals surface area contributed by atoms with Crippen LogP contribution in [0.25, 0.3) is 17.2 Å². The number of nitrogens with zero attached hydrogens (tertiary/aromatic N) is 6. The number of aryl methyl sites for hydroxylation is 3. The molecule has 0 saturated heterocycles. The molecule has 0 saturated carbocycles. The van der Waals surface area contributed by atoms with Crippen LogP contribution in [0.2, 0.25) is 0 Å². The van der Waals surface area contributed by atoms with Crippen molar-refractivity contribution >= 4 is 0 Å². The fourth-order valence-electron chi connectivity index (χ4n) is 2.34. The molecule has 3 aromatic heterocycles. The van der Waals surface area contributed by atoms with Crippen molar-refractivity contribution < 1.29 is 5.11 Å². The fourth-order valence-corrected chi connectivity index (χ4v) is 2.34. The lowest BCUT2D eigenvalue weighted by atomic mass is 10.1. The van der Waals surface area contributed by atoms with Gasteiger partial charge >= 0.3 is 0 Å². The number of aromatic nitrogens is 6. The molecule has 22 heavy (non-hydrogen) atoms. The Morgan fingerprint density at radius 1 is 1.27 bits per heavy atom. The molecular weight excluding hydrogens is 280 g/mol. The molecule has 114 valence electrons. The minimum Gasteiger partial charge on any atom is -0.385 e. The maximum atomic E-state index is 9.81. The summed E-state index contributed by atoms with van der Waals surface area (Å²) in [5, 5.41) is 18.4. The van der Waals surface area contributed by atoms with Crippen LogP contribution in [0.3, 0.4) is 0 Å². The fraction of sp³-hybridized carbons (Fsp3) is 0.333. The second kappa shape index (κ2) is 5.34. The first-order valence-electron chi connectivity index (χ1n) is 7.04. The molecule has 3 rings (SSSR count). The van der Waals surface area contributed by atoms with Crippen LogP contribution in [-0.4, -0.2) is 34.6 Å². The topological polar surface area (TPSA) is 81.7 Å². The highest BCUT2D eigenvalue weighted by Gasteiger charge is 2.19. The van der Waals surface area contributed by atoms with E-state index in [0.717, 1.165) is 22.6 Å². The molecule has 7 nitrogen and oxygen atoms in total. The van der Waals surface area contributed by atoms with Gasteiger partial charge in [-0.2, -0.15) is 9.78 Å². The van der Waals surface area contributed by atoms with E-state index < -0.39 is 6.10 Å². The lowest BCUT2D eigenvalue weighted by Crippen LogP contribution is -2.07. The number of aliphatic hydroxyl groups is 1. The van der Waals surface area contributed by atoms with E-state index in [1.54, 1.807) is 28.7 Å². The van der Waals surface area contributed by atoms with Gasteiger partial charge in [0.25, 0.3) is 0 Å². The summed E-state index contributed by atoms with van der Waals surface area (Å²) in [6.07, 6.45) is 2.74. The van der Waals surface area contributed by atoms with Gasteiger partial charge in [0.1, 0.15) is 6.10 Å². The van der Waals surface area contributed by atoms with Gasteiger partial charge in [0, 0.05) is 30.6 Å². The highest BCUT2D eigenvalue weighted by atomic mass is 16.3. The lowest BCUT2D eigenvalue weighted by molar-refractivity contribution is 0.189. The molecule has 0 aliphatic rings. The number of pyridine rings is 1. The molecule has 1 atom stereocenters. The van der Waals surface area contributed by atoms with E-state index in [2.05, 4.69) is 20.2 Å². The molecule has 0 radical (unpaired) electrons. The van der Waals surface area contributed by atoms with Crippen LogP contribution in [0.15, 0.2) is 24.5 Å². The van der Waals surface area contributed by atoms with Gasteiger partial charge in [0.15, 0.2) is 17.5 Å². The molecule has 0 fully saturated rings. The Labute approximate surface area is 128 Å². The monoisotopic (exact) mass is 298 g/mol. The highest BCUT2D eigenvalue weighted by Crippen LogP contribution is 2.25.